The number of hydrogen-bond donors (Lipinski definition) is 0. The molecule has 0 unspecified atom stereocenters. The maximum atomic E-state index is 12.2. The van der Waals surface area contributed by atoms with Crippen LogP contribution >= 0.6 is 0 Å². The summed E-state index contributed by atoms with van der Waals surface area (Å²) in [6, 6.07) is 6.57. The number of aryl methyl sites for hydroxylation is 1. The summed E-state index contributed by atoms with van der Waals surface area (Å²) in [6.45, 7) is 11.3. The molecule has 0 bridgehead atoms. The van der Waals surface area contributed by atoms with Crippen LogP contribution in [-0.4, -0.2) is 0 Å². The number of rotatable bonds is 1. The quantitative estimate of drug-likeness (QED) is 0.575. The summed E-state index contributed by atoms with van der Waals surface area (Å²) >= 11 is 0. The normalized spacial score (nSPS) is 7.50. The molecule has 14 heavy (non-hydrogen) atoms. The Bertz CT molecular complexity index is 211. The van der Waals surface area contributed by atoms with E-state index in [0.717, 1.165) is 6.42 Å². The van der Waals surface area contributed by atoms with Gasteiger partial charge in [-0.2, -0.15) is 0 Å². The Kier molecular flexibility index (Phi) is 13.1. The summed E-state index contributed by atoms with van der Waals surface area (Å²) in [5.41, 5.74) is 1.18. The van der Waals surface area contributed by atoms with Gasteiger partial charge in [0.05, 0.1) is 0 Å². The van der Waals surface area contributed by atoms with Crippen LogP contribution in [0.1, 0.15) is 33.3 Å². The third-order valence-electron chi connectivity index (χ3n) is 1.32. The van der Waals surface area contributed by atoms with E-state index < -0.39 is 0 Å². The van der Waals surface area contributed by atoms with Crippen molar-refractivity contribution in [3.05, 3.63) is 48.3 Å². The molecule has 0 N–H and O–H groups in total. The van der Waals surface area contributed by atoms with Crippen molar-refractivity contribution in [3.63, 3.8) is 0 Å². The molecule has 0 saturated heterocycles. The lowest BCUT2D eigenvalue weighted by atomic mass is 10.2. The van der Waals surface area contributed by atoms with Crippen molar-refractivity contribution in [2.24, 2.45) is 0 Å². The van der Waals surface area contributed by atoms with Gasteiger partial charge in [0.1, 0.15) is 5.82 Å². The van der Waals surface area contributed by atoms with Crippen LogP contribution in [0.15, 0.2) is 36.9 Å². The summed E-state index contributed by atoms with van der Waals surface area (Å²) in [5, 5.41) is 0. The average Bonchev–Trinajstić information content (AvgIpc) is 2.23. The molecule has 0 aliphatic heterocycles. The van der Waals surface area contributed by atoms with Crippen LogP contribution in [0.2, 0.25) is 0 Å². The first-order valence-corrected chi connectivity index (χ1v) is 5.06. The predicted octanol–water partition coefficient (Wildman–Crippen LogP) is 4.61. The molecular formula is C13H21F. The van der Waals surface area contributed by atoms with Gasteiger partial charge in [0.2, 0.25) is 0 Å². The summed E-state index contributed by atoms with van der Waals surface area (Å²) in [6.07, 6.45) is 2.72. The summed E-state index contributed by atoms with van der Waals surface area (Å²) < 4.78 is 12.2. The van der Waals surface area contributed by atoms with Crippen molar-refractivity contribution in [1.82, 2.24) is 0 Å². The van der Waals surface area contributed by atoms with Crippen LogP contribution in [0.25, 0.3) is 0 Å². The minimum absolute atomic E-state index is 0.160. The van der Waals surface area contributed by atoms with Gasteiger partial charge in [0.15, 0.2) is 0 Å². The van der Waals surface area contributed by atoms with E-state index in [1.54, 1.807) is 18.2 Å². The molecular weight excluding hydrogens is 175 g/mol. The van der Waals surface area contributed by atoms with E-state index in [9.17, 15) is 4.39 Å². The molecule has 80 valence electrons. The highest BCUT2D eigenvalue weighted by Gasteiger charge is 1.87. The average molecular weight is 196 g/mol. The highest BCUT2D eigenvalue weighted by atomic mass is 19.1. The Morgan fingerprint density at radius 2 is 1.57 bits per heavy atom. The molecule has 0 heterocycles. The summed E-state index contributed by atoms with van der Waals surface area (Å²) in [4.78, 5) is 0. The topological polar surface area (TPSA) is 0 Å². The van der Waals surface area contributed by atoms with Crippen LogP contribution in [0, 0.1) is 5.82 Å². The third-order valence-corrected chi connectivity index (χ3v) is 1.32. The highest BCUT2D eigenvalue weighted by Crippen LogP contribution is 2.01. The molecule has 1 rings (SSSR count). The van der Waals surface area contributed by atoms with Crippen LogP contribution < -0.4 is 0 Å². The van der Waals surface area contributed by atoms with E-state index in [4.69, 9.17) is 0 Å². The van der Waals surface area contributed by atoms with E-state index in [-0.39, 0.29) is 5.82 Å². The van der Waals surface area contributed by atoms with Crippen LogP contribution in [0.5, 0.6) is 0 Å². The molecule has 1 aromatic carbocycles. The Morgan fingerprint density at radius 1 is 1.21 bits per heavy atom. The molecule has 0 amide bonds. The zero-order valence-electron chi connectivity index (χ0n) is 9.68. The Labute approximate surface area is 87.5 Å². The Balaban J connectivity index is 0. The van der Waals surface area contributed by atoms with E-state index >= 15 is 0 Å². The first-order chi connectivity index (χ1) is 6.74. The monoisotopic (exact) mass is 196 g/mol. The Morgan fingerprint density at radius 3 is 1.86 bits per heavy atom. The molecule has 0 saturated carbocycles. The van der Waals surface area contributed by atoms with Gasteiger partial charge in [0.25, 0.3) is 0 Å². The second-order valence-electron chi connectivity index (χ2n) is 2.39. The van der Waals surface area contributed by atoms with Gasteiger partial charge in [-0.3, -0.25) is 0 Å². The smallest absolute Gasteiger partial charge is 0.123 e. The maximum absolute atomic E-state index is 12.2. The lowest BCUT2D eigenvalue weighted by Crippen LogP contribution is -1.78. The molecule has 1 heteroatoms. The lowest BCUT2D eigenvalue weighted by molar-refractivity contribution is 0.627. The van der Waals surface area contributed by atoms with Crippen molar-refractivity contribution < 1.29 is 4.39 Å². The minimum Gasteiger partial charge on any atom is -0.207 e. The largest absolute Gasteiger partial charge is 0.207 e. The van der Waals surface area contributed by atoms with E-state index in [1.807, 2.05) is 27.7 Å². The zero-order valence-corrected chi connectivity index (χ0v) is 9.68. The molecule has 0 atom stereocenters. The van der Waals surface area contributed by atoms with Crippen LogP contribution in [0.3, 0.4) is 0 Å². The predicted molar refractivity (Wildman–Crippen MR) is 63.0 cm³/mol. The van der Waals surface area contributed by atoms with E-state index in [2.05, 4.69) is 6.58 Å². The van der Waals surface area contributed by atoms with Crippen molar-refractivity contribution >= 4 is 0 Å². The third kappa shape index (κ3) is 8.98. The van der Waals surface area contributed by atoms with Crippen molar-refractivity contribution in [3.8, 4) is 0 Å². The van der Waals surface area contributed by atoms with Crippen LogP contribution in [-0.2, 0) is 6.42 Å². The van der Waals surface area contributed by atoms with Crippen LogP contribution in [0.4, 0.5) is 4.39 Å². The fourth-order valence-corrected chi connectivity index (χ4v) is 0.720. The minimum atomic E-state index is -0.160. The van der Waals surface area contributed by atoms with Gasteiger partial charge >= 0.3 is 0 Å². The molecule has 0 aliphatic rings. The molecule has 0 aromatic heterocycles. The Hall–Kier alpha value is -1.11. The standard InChI is InChI=1S/C8H9F.C3H6.C2H6/c1-2-7-3-5-8(9)6-4-7;1-3-2;1-2/h3-6H,2H2,1H3;3H,1H2,2H3;1-2H3. The molecule has 0 spiro atoms. The summed E-state index contributed by atoms with van der Waals surface area (Å²) in [5.74, 6) is -0.160. The first kappa shape index (κ1) is 15.4. The maximum Gasteiger partial charge on any atom is 0.123 e. The van der Waals surface area contributed by atoms with Gasteiger partial charge in [-0.25, -0.2) is 4.39 Å². The zero-order chi connectivity index (χ0) is 11.4. The molecule has 1 aromatic rings. The van der Waals surface area contributed by atoms with Gasteiger partial charge in [-0.1, -0.05) is 39.0 Å². The van der Waals surface area contributed by atoms with Gasteiger partial charge in [-0.15, -0.1) is 6.58 Å². The lowest BCUT2D eigenvalue weighted by Gasteiger charge is -1.92. The SMILES string of the molecule is C=CC.CC.CCc1ccc(F)cc1. The van der Waals surface area contributed by atoms with Gasteiger partial charge < -0.3 is 0 Å². The number of hydrogen-bond acceptors (Lipinski definition) is 0. The summed E-state index contributed by atoms with van der Waals surface area (Å²) in [7, 11) is 0. The van der Waals surface area contributed by atoms with E-state index in [1.165, 1.54) is 17.7 Å². The number of allylic oxidation sites excluding steroid dienone is 1. The number of halogens is 1. The first-order valence-electron chi connectivity index (χ1n) is 5.06. The second-order valence-corrected chi connectivity index (χ2v) is 2.39. The molecule has 0 nitrogen and oxygen atoms in total. The fraction of sp³-hybridized carbons (Fsp3) is 0.385. The second kappa shape index (κ2) is 11.9. The fourth-order valence-electron chi connectivity index (χ4n) is 0.720. The molecule has 0 radical (unpaired) electrons. The highest BCUT2D eigenvalue weighted by molar-refractivity contribution is 5.15. The van der Waals surface area contributed by atoms with Gasteiger partial charge in [-0.05, 0) is 31.0 Å². The number of benzene rings is 1. The van der Waals surface area contributed by atoms with Crippen molar-refractivity contribution in [1.29, 1.82) is 0 Å². The van der Waals surface area contributed by atoms with Crippen molar-refractivity contribution in [2.45, 2.75) is 34.1 Å². The van der Waals surface area contributed by atoms with Crippen molar-refractivity contribution in [2.75, 3.05) is 0 Å². The molecule has 0 fully saturated rings. The molecule has 0 aliphatic carbocycles. The van der Waals surface area contributed by atoms with Gasteiger partial charge in [0, 0.05) is 0 Å². The van der Waals surface area contributed by atoms with E-state index in [0.29, 0.717) is 0 Å².